The van der Waals surface area contributed by atoms with E-state index >= 15 is 0 Å². The van der Waals surface area contributed by atoms with E-state index in [0.717, 1.165) is 12.2 Å². The number of carbonyl (C=O) groups excluding carboxylic acids is 1. The van der Waals surface area contributed by atoms with Crippen molar-refractivity contribution in [2.75, 3.05) is 13.1 Å². The summed E-state index contributed by atoms with van der Waals surface area (Å²) in [6, 6.07) is 2.09. The van der Waals surface area contributed by atoms with Crippen molar-refractivity contribution in [2.45, 2.75) is 39.7 Å². The summed E-state index contributed by atoms with van der Waals surface area (Å²) >= 11 is 0. The number of H-pyrrole nitrogens is 1. The minimum absolute atomic E-state index is 0. The zero-order chi connectivity index (χ0) is 13.2. The van der Waals surface area contributed by atoms with Crippen LogP contribution >= 0.6 is 12.4 Å². The van der Waals surface area contributed by atoms with E-state index in [-0.39, 0.29) is 23.7 Å². The average molecular weight is 287 g/mol. The van der Waals surface area contributed by atoms with Crippen molar-refractivity contribution in [2.24, 2.45) is 5.41 Å². The summed E-state index contributed by atoms with van der Waals surface area (Å²) in [4.78, 5) is 11.9. The van der Waals surface area contributed by atoms with Crippen molar-refractivity contribution in [3.63, 3.8) is 0 Å². The van der Waals surface area contributed by atoms with E-state index in [9.17, 15) is 4.79 Å². The number of carbonyl (C=O) groups is 1. The normalized spacial score (nSPS) is 21.5. The number of nitrogens with one attached hydrogen (secondary N) is 3. The minimum atomic E-state index is -0.109. The molecule has 19 heavy (non-hydrogen) atoms. The highest BCUT2D eigenvalue weighted by molar-refractivity contribution is 5.92. The maximum atomic E-state index is 11.9. The third kappa shape index (κ3) is 3.94. The summed E-state index contributed by atoms with van der Waals surface area (Å²) in [5.74, 6) is -0.109. The van der Waals surface area contributed by atoms with Crippen molar-refractivity contribution >= 4 is 18.3 Å². The van der Waals surface area contributed by atoms with Gasteiger partial charge in [-0.1, -0.05) is 13.8 Å². The predicted molar refractivity (Wildman–Crippen MR) is 77.7 cm³/mol. The fraction of sp³-hybridized carbons (Fsp3) is 0.692. The van der Waals surface area contributed by atoms with E-state index < -0.39 is 0 Å². The molecule has 1 fully saturated rings. The Morgan fingerprint density at radius 1 is 1.58 bits per heavy atom. The Hall–Kier alpha value is -1.07. The summed E-state index contributed by atoms with van der Waals surface area (Å²) < 4.78 is 0. The monoisotopic (exact) mass is 286 g/mol. The molecule has 1 atom stereocenters. The van der Waals surface area contributed by atoms with Crippen LogP contribution in [-0.2, 0) is 0 Å². The SMILES string of the molecule is Cc1cc(C(=O)NCC2NCCCC2(C)C)n[nH]1.Cl. The molecule has 1 aromatic heterocycles. The largest absolute Gasteiger partial charge is 0.349 e. The second-order valence-corrected chi connectivity index (χ2v) is 5.75. The molecule has 0 bridgehead atoms. The Labute approximate surface area is 120 Å². The predicted octanol–water partition coefficient (Wildman–Crippen LogP) is 1.65. The van der Waals surface area contributed by atoms with Crippen LogP contribution in [-0.4, -0.2) is 35.2 Å². The second-order valence-electron chi connectivity index (χ2n) is 5.75. The number of hydrogen-bond donors (Lipinski definition) is 3. The molecule has 0 spiro atoms. The first-order valence-electron chi connectivity index (χ1n) is 6.52. The molecule has 0 saturated carbocycles. The maximum Gasteiger partial charge on any atom is 0.271 e. The van der Waals surface area contributed by atoms with E-state index in [0.29, 0.717) is 18.3 Å². The van der Waals surface area contributed by atoms with Crippen LogP contribution in [0.25, 0.3) is 0 Å². The van der Waals surface area contributed by atoms with Gasteiger partial charge in [-0.2, -0.15) is 5.10 Å². The number of aromatic nitrogens is 2. The Balaban J connectivity index is 0.00000180. The summed E-state index contributed by atoms with van der Waals surface area (Å²) in [6.45, 7) is 8.06. The van der Waals surface area contributed by atoms with Gasteiger partial charge in [0.2, 0.25) is 0 Å². The van der Waals surface area contributed by atoms with E-state index in [1.165, 1.54) is 12.8 Å². The van der Waals surface area contributed by atoms with Gasteiger partial charge in [0, 0.05) is 18.3 Å². The first-order valence-corrected chi connectivity index (χ1v) is 6.52. The lowest BCUT2D eigenvalue weighted by Crippen LogP contribution is -2.52. The number of hydrogen-bond acceptors (Lipinski definition) is 3. The molecule has 1 aliphatic rings. The zero-order valence-corrected chi connectivity index (χ0v) is 12.6. The molecular weight excluding hydrogens is 264 g/mol. The molecule has 1 aromatic rings. The molecule has 1 saturated heterocycles. The van der Waals surface area contributed by atoms with Crippen LogP contribution in [0.2, 0.25) is 0 Å². The molecule has 1 amide bonds. The lowest BCUT2D eigenvalue weighted by atomic mass is 9.77. The molecule has 1 aliphatic heterocycles. The average Bonchev–Trinajstić information content (AvgIpc) is 2.73. The molecular formula is C13H23ClN4O. The van der Waals surface area contributed by atoms with E-state index in [1.54, 1.807) is 6.07 Å². The molecule has 108 valence electrons. The number of rotatable bonds is 3. The summed E-state index contributed by atoms with van der Waals surface area (Å²) in [5.41, 5.74) is 1.59. The topological polar surface area (TPSA) is 69.8 Å². The first-order chi connectivity index (χ1) is 8.49. The van der Waals surface area contributed by atoms with Crippen molar-refractivity contribution < 1.29 is 4.79 Å². The molecule has 3 N–H and O–H groups in total. The number of nitrogens with zero attached hydrogens (tertiary/aromatic N) is 1. The Morgan fingerprint density at radius 3 is 2.89 bits per heavy atom. The molecule has 0 aromatic carbocycles. The van der Waals surface area contributed by atoms with Gasteiger partial charge < -0.3 is 10.6 Å². The quantitative estimate of drug-likeness (QED) is 0.791. The van der Waals surface area contributed by atoms with Gasteiger partial charge in [-0.25, -0.2) is 0 Å². The fourth-order valence-corrected chi connectivity index (χ4v) is 2.44. The number of aryl methyl sites for hydroxylation is 1. The lowest BCUT2D eigenvalue weighted by molar-refractivity contribution is 0.0924. The van der Waals surface area contributed by atoms with E-state index in [1.807, 2.05) is 6.92 Å². The first kappa shape index (κ1) is 16.0. The highest BCUT2D eigenvalue weighted by Gasteiger charge is 2.32. The maximum absolute atomic E-state index is 11.9. The van der Waals surface area contributed by atoms with E-state index in [4.69, 9.17) is 0 Å². The fourth-order valence-electron chi connectivity index (χ4n) is 2.44. The Morgan fingerprint density at radius 2 is 2.32 bits per heavy atom. The van der Waals surface area contributed by atoms with Crippen LogP contribution in [0.15, 0.2) is 6.07 Å². The highest BCUT2D eigenvalue weighted by Crippen LogP contribution is 2.29. The molecule has 5 nitrogen and oxygen atoms in total. The number of aromatic amines is 1. The van der Waals surface area contributed by atoms with Crippen molar-refractivity contribution in [3.8, 4) is 0 Å². The van der Waals surface area contributed by atoms with Crippen LogP contribution < -0.4 is 10.6 Å². The van der Waals surface area contributed by atoms with Crippen LogP contribution in [0.4, 0.5) is 0 Å². The van der Waals surface area contributed by atoms with Gasteiger partial charge in [-0.05, 0) is 37.8 Å². The Bertz CT molecular complexity index is 430. The zero-order valence-electron chi connectivity index (χ0n) is 11.7. The van der Waals surface area contributed by atoms with Crippen LogP contribution in [0.1, 0.15) is 42.9 Å². The number of amides is 1. The molecule has 0 aliphatic carbocycles. The lowest BCUT2D eigenvalue weighted by Gasteiger charge is -2.39. The van der Waals surface area contributed by atoms with Gasteiger partial charge in [-0.15, -0.1) is 12.4 Å². The smallest absolute Gasteiger partial charge is 0.271 e. The summed E-state index contributed by atoms with van der Waals surface area (Å²) in [5, 5.41) is 13.2. The molecule has 0 radical (unpaired) electrons. The van der Waals surface area contributed by atoms with Gasteiger partial charge in [0.15, 0.2) is 0 Å². The van der Waals surface area contributed by atoms with Crippen LogP contribution in [0.3, 0.4) is 0 Å². The minimum Gasteiger partial charge on any atom is -0.349 e. The van der Waals surface area contributed by atoms with E-state index in [2.05, 4.69) is 34.7 Å². The summed E-state index contributed by atoms with van der Waals surface area (Å²) in [7, 11) is 0. The molecule has 2 rings (SSSR count). The Kier molecular flexibility index (Phi) is 5.38. The summed E-state index contributed by atoms with van der Waals surface area (Å²) in [6.07, 6.45) is 2.40. The third-order valence-corrected chi connectivity index (χ3v) is 3.74. The highest BCUT2D eigenvalue weighted by atomic mass is 35.5. The van der Waals surface area contributed by atoms with Gasteiger partial charge in [0.05, 0.1) is 0 Å². The number of piperidine rings is 1. The van der Waals surface area contributed by atoms with Gasteiger partial charge in [0.25, 0.3) is 5.91 Å². The molecule has 6 heteroatoms. The van der Waals surface area contributed by atoms with Gasteiger partial charge >= 0.3 is 0 Å². The van der Waals surface area contributed by atoms with Crippen molar-refractivity contribution in [3.05, 3.63) is 17.5 Å². The van der Waals surface area contributed by atoms with Gasteiger partial charge in [-0.3, -0.25) is 9.89 Å². The van der Waals surface area contributed by atoms with Crippen molar-refractivity contribution in [1.82, 2.24) is 20.8 Å². The van der Waals surface area contributed by atoms with Crippen LogP contribution in [0.5, 0.6) is 0 Å². The van der Waals surface area contributed by atoms with Crippen LogP contribution in [0, 0.1) is 12.3 Å². The molecule has 2 heterocycles. The standard InChI is InChI=1S/C13H22N4O.ClH/c1-9-7-10(17-16-9)12(18)15-8-11-13(2,3)5-4-6-14-11;/h7,11,14H,4-6,8H2,1-3H3,(H,15,18)(H,16,17);1H. The van der Waals surface area contributed by atoms with Gasteiger partial charge in [0.1, 0.15) is 5.69 Å². The van der Waals surface area contributed by atoms with Crippen molar-refractivity contribution in [1.29, 1.82) is 0 Å². The third-order valence-electron chi connectivity index (χ3n) is 3.74. The second kappa shape index (κ2) is 6.39. The number of halogens is 1. The molecule has 1 unspecified atom stereocenters.